The number of thioether (sulfide) groups is 1. The first-order valence-corrected chi connectivity index (χ1v) is 10.1. The van der Waals surface area contributed by atoms with E-state index >= 15 is 0 Å². The molecule has 0 bridgehead atoms. The molecule has 26 heavy (non-hydrogen) atoms. The van der Waals surface area contributed by atoms with Gasteiger partial charge in [-0.2, -0.15) is 5.26 Å². The Bertz CT molecular complexity index is 817. The van der Waals surface area contributed by atoms with Crippen LogP contribution in [-0.2, 0) is 14.3 Å². The number of thiophene rings is 1. The minimum Gasteiger partial charge on any atom is -0.466 e. The molecule has 0 radical (unpaired) electrons. The van der Waals surface area contributed by atoms with E-state index in [0.717, 1.165) is 17.7 Å². The third-order valence-corrected chi connectivity index (χ3v) is 6.12. The summed E-state index contributed by atoms with van der Waals surface area (Å²) in [6.07, 6.45) is 2.07. The molecule has 1 aliphatic heterocycles. The van der Waals surface area contributed by atoms with E-state index in [-0.39, 0.29) is 11.7 Å². The van der Waals surface area contributed by atoms with Gasteiger partial charge in [-0.05, 0) is 31.2 Å². The van der Waals surface area contributed by atoms with E-state index in [9.17, 15) is 14.9 Å². The number of methoxy groups -OCH3 is 1. The van der Waals surface area contributed by atoms with Gasteiger partial charge >= 0.3 is 5.97 Å². The van der Waals surface area contributed by atoms with Crippen LogP contribution in [0.5, 0.6) is 0 Å². The first-order valence-electron chi connectivity index (χ1n) is 8.21. The number of hydrogen-bond acceptors (Lipinski definition) is 7. The molecule has 0 aromatic carbocycles. The van der Waals surface area contributed by atoms with Gasteiger partial charge in [0.25, 0.3) is 0 Å². The van der Waals surface area contributed by atoms with Gasteiger partial charge in [-0.3, -0.25) is 4.79 Å². The number of amides is 1. The summed E-state index contributed by atoms with van der Waals surface area (Å²) in [5, 5.41) is 18.4. The van der Waals surface area contributed by atoms with Crippen molar-refractivity contribution < 1.29 is 14.3 Å². The molecule has 2 N–H and O–H groups in total. The molecule has 2 heterocycles. The fourth-order valence-corrected chi connectivity index (χ4v) is 4.53. The van der Waals surface area contributed by atoms with Gasteiger partial charge in [0.15, 0.2) is 0 Å². The van der Waals surface area contributed by atoms with Crippen LogP contribution in [0.3, 0.4) is 0 Å². The maximum absolute atomic E-state index is 12.3. The number of carbonyl (C=O) groups excluding carboxylic acids is 2. The molecular formula is C18H19N3O3S2. The van der Waals surface area contributed by atoms with Gasteiger partial charge in [0.2, 0.25) is 5.91 Å². The number of nitrogens with zero attached hydrogens (tertiary/aromatic N) is 1. The van der Waals surface area contributed by atoms with Gasteiger partial charge in [-0.15, -0.1) is 11.3 Å². The van der Waals surface area contributed by atoms with Crippen LogP contribution in [0.15, 0.2) is 39.4 Å². The molecule has 0 spiro atoms. The SMILES string of the molecule is COC(=O)C1=C(C)NC(SCC(=O)NC2CC2)=C(C#N)C1c1cccs1. The van der Waals surface area contributed by atoms with E-state index in [2.05, 4.69) is 16.7 Å². The number of dihydropyridines is 1. The summed E-state index contributed by atoms with van der Waals surface area (Å²) in [6, 6.07) is 6.32. The second kappa shape index (κ2) is 7.98. The first kappa shape index (κ1) is 18.5. The summed E-state index contributed by atoms with van der Waals surface area (Å²) in [6.45, 7) is 1.78. The van der Waals surface area contributed by atoms with E-state index in [1.165, 1.54) is 30.2 Å². The van der Waals surface area contributed by atoms with Crippen molar-refractivity contribution in [2.75, 3.05) is 12.9 Å². The number of nitriles is 1. The second-order valence-corrected chi connectivity index (χ2v) is 8.05. The van der Waals surface area contributed by atoms with Gasteiger partial charge in [0, 0.05) is 16.6 Å². The maximum Gasteiger partial charge on any atom is 0.336 e. The van der Waals surface area contributed by atoms with E-state index in [0.29, 0.717) is 27.9 Å². The number of nitrogens with one attached hydrogen (secondary N) is 2. The van der Waals surface area contributed by atoms with Crippen molar-refractivity contribution in [3.05, 3.63) is 44.3 Å². The number of esters is 1. The predicted octanol–water partition coefficient (Wildman–Crippen LogP) is 2.63. The first-order chi connectivity index (χ1) is 12.5. The number of carbonyl (C=O) groups is 2. The molecule has 1 amide bonds. The Balaban J connectivity index is 1.89. The zero-order valence-electron chi connectivity index (χ0n) is 14.5. The lowest BCUT2D eigenvalue weighted by molar-refractivity contribution is -0.136. The van der Waals surface area contributed by atoms with Crippen LogP contribution in [0.25, 0.3) is 0 Å². The van der Waals surface area contributed by atoms with Crippen LogP contribution in [-0.4, -0.2) is 30.8 Å². The molecule has 1 saturated carbocycles. The molecule has 1 aromatic rings. The average Bonchev–Trinajstić information content (AvgIpc) is 3.27. The molecule has 6 nitrogen and oxygen atoms in total. The zero-order chi connectivity index (χ0) is 18.7. The molecule has 1 aliphatic carbocycles. The Kier molecular flexibility index (Phi) is 5.69. The highest BCUT2D eigenvalue weighted by Crippen LogP contribution is 2.42. The van der Waals surface area contributed by atoms with Gasteiger partial charge < -0.3 is 15.4 Å². The molecule has 136 valence electrons. The smallest absolute Gasteiger partial charge is 0.336 e. The molecule has 1 fully saturated rings. The third kappa shape index (κ3) is 3.94. The minimum absolute atomic E-state index is 0.0443. The molecule has 1 unspecified atom stereocenters. The Morgan fingerprint density at radius 3 is 2.85 bits per heavy atom. The molecule has 1 atom stereocenters. The number of hydrogen-bond donors (Lipinski definition) is 2. The van der Waals surface area contributed by atoms with Crippen molar-refractivity contribution in [1.82, 2.24) is 10.6 Å². The fraction of sp³-hybridized carbons (Fsp3) is 0.389. The fourth-order valence-electron chi connectivity index (χ4n) is 2.78. The van der Waals surface area contributed by atoms with Crippen molar-refractivity contribution in [3.63, 3.8) is 0 Å². The molecule has 3 rings (SSSR count). The van der Waals surface area contributed by atoms with Gasteiger partial charge in [0.1, 0.15) is 0 Å². The Hall–Kier alpha value is -2.24. The number of ether oxygens (including phenoxy) is 1. The molecular weight excluding hydrogens is 370 g/mol. The van der Waals surface area contributed by atoms with Crippen molar-refractivity contribution >= 4 is 35.0 Å². The second-order valence-electron chi connectivity index (χ2n) is 6.09. The Morgan fingerprint density at radius 1 is 1.50 bits per heavy atom. The molecule has 8 heteroatoms. The molecule has 1 aromatic heterocycles. The normalized spacial score (nSPS) is 19.7. The average molecular weight is 390 g/mol. The van der Waals surface area contributed by atoms with Crippen LogP contribution in [0.2, 0.25) is 0 Å². The van der Waals surface area contributed by atoms with Crippen LogP contribution in [0.1, 0.15) is 30.6 Å². The summed E-state index contributed by atoms with van der Waals surface area (Å²) >= 11 is 2.77. The summed E-state index contributed by atoms with van der Waals surface area (Å²) in [4.78, 5) is 25.2. The highest BCUT2D eigenvalue weighted by Gasteiger charge is 2.36. The quantitative estimate of drug-likeness (QED) is 0.727. The van der Waals surface area contributed by atoms with E-state index < -0.39 is 11.9 Å². The Labute approximate surface area is 160 Å². The monoisotopic (exact) mass is 389 g/mol. The van der Waals surface area contributed by atoms with Crippen LogP contribution < -0.4 is 10.6 Å². The van der Waals surface area contributed by atoms with Crippen molar-refractivity contribution in [2.24, 2.45) is 0 Å². The van der Waals surface area contributed by atoms with E-state index in [1.54, 1.807) is 6.92 Å². The van der Waals surface area contributed by atoms with Gasteiger partial charge in [-0.1, -0.05) is 17.8 Å². The summed E-state index contributed by atoms with van der Waals surface area (Å²) in [5.41, 5.74) is 1.50. The lowest BCUT2D eigenvalue weighted by Gasteiger charge is -2.28. The topological polar surface area (TPSA) is 91.2 Å². The van der Waals surface area contributed by atoms with Crippen LogP contribution >= 0.6 is 23.1 Å². The highest BCUT2D eigenvalue weighted by molar-refractivity contribution is 8.03. The predicted molar refractivity (Wildman–Crippen MR) is 101 cm³/mol. The van der Waals surface area contributed by atoms with E-state index in [4.69, 9.17) is 4.74 Å². The third-order valence-electron chi connectivity index (χ3n) is 4.17. The van der Waals surface area contributed by atoms with E-state index in [1.807, 2.05) is 17.5 Å². The summed E-state index contributed by atoms with van der Waals surface area (Å²) < 4.78 is 4.93. The Morgan fingerprint density at radius 2 is 2.27 bits per heavy atom. The summed E-state index contributed by atoms with van der Waals surface area (Å²) in [7, 11) is 1.33. The largest absolute Gasteiger partial charge is 0.466 e. The van der Waals surface area contributed by atoms with Gasteiger partial charge in [-0.25, -0.2) is 4.79 Å². The molecule has 2 aliphatic rings. The maximum atomic E-state index is 12.3. The minimum atomic E-state index is -0.484. The van der Waals surface area contributed by atoms with Crippen molar-refractivity contribution in [2.45, 2.75) is 31.7 Å². The summed E-state index contributed by atoms with van der Waals surface area (Å²) in [5.74, 6) is -0.765. The number of rotatable bonds is 6. The van der Waals surface area contributed by atoms with Crippen LogP contribution in [0.4, 0.5) is 0 Å². The van der Waals surface area contributed by atoms with Crippen LogP contribution in [0, 0.1) is 11.3 Å². The standard InChI is InChI=1S/C18H19N3O3S2/c1-10-15(18(23)24-2)16(13-4-3-7-25-13)12(8-19)17(20-10)26-9-14(22)21-11-5-6-11/h3-4,7,11,16,20H,5-6,9H2,1-2H3,(H,21,22). The molecule has 0 saturated heterocycles. The zero-order valence-corrected chi connectivity index (χ0v) is 16.1. The lowest BCUT2D eigenvalue weighted by Crippen LogP contribution is -2.30. The van der Waals surface area contributed by atoms with Gasteiger partial charge in [0.05, 0.1) is 41.0 Å². The van der Waals surface area contributed by atoms with Crippen molar-refractivity contribution in [3.8, 4) is 6.07 Å². The number of allylic oxidation sites excluding steroid dienone is 2. The lowest BCUT2D eigenvalue weighted by atomic mass is 9.87. The highest BCUT2D eigenvalue weighted by atomic mass is 32.2. The van der Waals surface area contributed by atoms with Crippen molar-refractivity contribution in [1.29, 1.82) is 5.26 Å².